The number of nitrogens with zero attached hydrogens (tertiary/aromatic N) is 3. The van der Waals surface area contributed by atoms with E-state index in [2.05, 4.69) is 18.1 Å². The van der Waals surface area contributed by atoms with Crippen molar-refractivity contribution in [1.82, 2.24) is 14.7 Å². The van der Waals surface area contributed by atoms with Gasteiger partial charge in [-0.3, -0.25) is 14.5 Å². The number of hydrogen-bond donors (Lipinski definition) is 0. The van der Waals surface area contributed by atoms with Crippen molar-refractivity contribution in [3.8, 4) is 0 Å². The van der Waals surface area contributed by atoms with Crippen LogP contribution < -0.4 is 0 Å². The lowest BCUT2D eigenvalue weighted by molar-refractivity contribution is -0.159. The van der Waals surface area contributed by atoms with Crippen LogP contribution in [0.3, 0.4) is 0 Å². The summed E-state index contributed by atoms with van der Waals surface area (Å²) in [4.78, 5) is 31.7. The largest absolute Gasteiger partial charge is 0.467 e. The summed E-state index contributed by atoms with van der Waals surface area (Å²) in [7, 11) is 0. The quantitative estimate of drug-likeness (QED) is 0.325. The normalized spacial score (nSPS) is 23.8. The van der Waals surface area contributed by atoms with Crippen LogP contribution >= 0.6 is 0 Å². The Morgan fingerprint density at radius 1 is 1.29 bits per heavy atom. The molecule has 0 saturated carbocycles. The molecule has 2 saturated heterocycles. The molecule has 2 fully saturated rings. The summed E-state index contributed by atoms with van der Waals surface area (Å²) >= 11 is 0. The number of carbonyl (C=O) groups is 2. The number of piperazine rings is 2. The van der Waals surface area contributed by atoms with Gasteiger partial charge in [0.25, 0.3) is 0 Å². The van der Waals surface area contributed by atoms with Crippen molar-refractivity contribution in [3.05, 3.63) is 72.3 Å². The number of rotatable bonds is 11. The Labute approximate surface area is 208 Å². The SMILES string of the molecule is C=C/C=C\C(CCN1CCN2C(=O)CN(CCC3=CCC(F)C=C3)C(=O)C2C1)=C(/C)OC(=C)CC. The maximum absolute atomic E-state index is 13.3. The van der Waals surface area contributed by atoms with Crippen LogP contribution in [-0.4, -0.2) is 78.0 Å². The lowest BCUT2D eigenvalue weighted by Crippen LogP contribution is -2.66. The summed E-state index contributed by atoms with van der Waals surface area (Å²) < 4.78 is 19.2. The van der Waals surface area contributed by atoms with E-state index in [0.717, 1.165) is 48.6 Å². The van der Waals surface area contributed by atoms with Crippen LogP contribution in [0.25, 0.3) is 0 Å². The second kappa shape index (κ2) is 12.7. The molecule has 0 bridgehead atoms. The third-order valence-corrected chi connectivity index (χ3v) is 6.78. The summed E-state index contributed by atoms with van der Waals surface area (Å²) in [5.41, 5.74) is 2.07. The van der Waals surface area contributed by atoms with Crippen LogP contribution in [0.2, 0.25) is 0 Å². The van der Waals surface area contributed by atoms with Crippen molar-refractivity contribution >= 4 is 11.8 Å². The van der Waals surface area contributed by atoms with E-state index in [4.69, 9.17) is 4.74 Å². The van der Waals surface area contributed by atoms with E-state index in [-0.39, 0.29) is 18.4 Å². The van der Waals surface area contributed by atoms with Crippen LogP contribution in [0, 0.1) is 0 Å². The standard InChI is InChI=1S/C28H38FN3O3/c1-5-7-8-24(22(4)35-21(3)6-2)14-15-30-17-18-32-26(19-30)28(34)31(20-27(32)33)16-13-23-9-11-25(29)12-10-23/h5,7-11,25-26H,1,3,6,12-20H2,2,4H3/b8-7-,24-22-. The molecule has 3 rings (SSSR count). The highest BCUT2D eigenvalue weighted by atomic mass is 19.1. The first kappa shape index (κ1) is 26.7. The van der Waals surface area contributed by atoms with Crippen molar-refractivity contribution in [2.75, 3.05) is 39.3 Å². The first-order valence-electron chi connectivity index (χ1n) is 12.5. The van der Waals surface area contributed by atoms with E-state index in [0.29, 0.717) is 32.5 Å². The molecule has 190 valence electrons. The average molecular weight is 484 g/mol. The fourth-order valence-electron chi connectivity index (χ4n) is 4.57. The number of fused-ring (bicyclic) bond motifs is 1. The maximum Gasteiger partial charge on any atom is 0.247 e. The molecule has 0 N–H and O–H groups in total. The van der Waals surface area contributed by atoms with Gasteiger partial charge in [-0.05, 0) is 25.3 Å². The van der Waals surface area contributed by atoms with Gasteiger partial charge in [-0.2, -0.15) is 0 Å². The Morgan fingerprint density at radius 2 is 2.09 bits per heavy atom. The van der Waals surface area contributed by atoms with Gasteiger partial charge in [0.2, 0.25) is 11.8 Å². The molecule has 0 radical (unpaired) electrons. The zero-order chi connectivity index (χ0) is 25.4. The lowest BCUT2D eigenvalue weighted by Gasteiger charge is -2.46. The number of ether oxygens (including phenoxy) is 1. The zero-order valence-corrected chi connectivity index (χ0v) is 21.0. The van der Waals surface area contributed by atoms with E-state index in [1.165, 1.54) is 0 Å². The van der Waals surface area contributed by atoms with Gasteiger partial charge in [-0.25, -0.2) is 4.39 Å². The molecule has 2 amide bonds. The first-order valence-corrected chi connectivity index (χ1v) is 12.5. The zero-order valence-electron chi connectivity index (χ0n) is 21.0. The molecule has 2 heterocycles. The number of alkyl halides is 1. The summed E-state index contributed by atoms with van der Waals surface area (Å²) in [5, 5.41) is 0. The fraction of sp³-hybridized carbons (Fsp3) is 0.500. The molecule has 0 aromatic carbocycles. The van der Waals surface area contributed by atoms with Crippen molar-refractivity contribution in [1.29, 1.82) is 0 Å². The number of hydrogen-bond acceptors (Lipinski definition) is 4. The van der Waals surface area contributed by atoms with Crippen LogP contribution in [0.5, 0.6) is 0 Å². The van der Waals surface area contributed by atoms with Crippen LogP contribution in [-0.2, 0) is 14.3 Å². The minimum Gasteiger partial charge on any atom is -0.467 e. The van der Waals surface area contributed by atoms with E-state index in [9.17, 15) is 14.0 Å². The molecule has 2 aliphatic heterocycles. The molecule has 0 spiro atoms. The minimum atomic E-state index is -0.929. The molecule has 7 heteroatoms. The molecule has 1 aliphatic carbocycles. The molecule has 3 aliphatic rings. The third kappa shape index (κ3) is 7.28. The number of carbonyl (C=O) groups excluding carboxylic acids is 2. The molecule has 0 aromatic heterocycles. The number of halogens is 1. The van der Waals surface area contributed by atoms with Gasteiger partial charge in [-0.15, -0.1) is 0 Å². The lowest BCUT2D eigenvalue weighted by atomic mass is 10.0. The Balaban J connectivity index is 1.60. The fourth-order valence-corrected chi connectivity index (χ4v) is 4.57. The Kier molecular flexibility index (Phi) is 9.66. The molecule has 6 nitrogen and oxygen atoms in total. The summed E-state index contributed by atoms with van der Waals surface area (Å²) in [5.74, 6) is 1.53. The highest BCUT2D eigenvalue weighted by molar-refractivity contribution is 5.95. The van der Waals surface area contributed by atoms with Crippen molar-refractivity contribution in [2.45, 2.75) is 51.7 Å². The molecule has 0 aromatic rings. The van der Waals surface area contributed by atoms with Crippen LogP contribution in [0.15, 0.2) is 72.3 Å². The van der Waals surface area contributed by atoms with Crippen molar-refractivity contribution < 1.29 is 18.7 Å². The average Bonchev–Trinajstić information content (AvgIpc) is 2.86. The molecule has 35 heavy (non-hydrogen) atoms. The smallest absolute Gasteiger partial charge is 0.247 e. The van der Waals surface area contributed by atoms with Gasteiger partial charge in [0.05, 0.1) is 12.3 Å². The highest BCUT2D eigenvalue weighted by Gasteiger charge is 2.42. The predicted molar refractivity (Wildman–Crippen MR) is 137 cm³/mol. The molecular formula is C28H38FN3O3. The van der Waals surface area contributed by atoms with Gasteiger partial charge in [-0.1, -0.05) is 62.1 Å². The third-order valence-electron chi connectivity index (χ3n) is 6.78. The topological polar surface area (TPSA) is 53.1 Å². The summed E-state index contributed by atoms with van der Waals surface area (Å²) in [6.07, 6.45) is 12.4. The predicted octanol–water partition coefficient (Wildman–Crippen LogP) is 4.30. The summed E-state index contributed by atoms with van der Waals surface area (Å²) in [6.45, 7) is 14.8. The Hall–Kier alpha value is -2.93. The van der Waals surface area contributed by atoms with Crippen LogP contribution in [0.1, 0.15) is 39.5 Å². The molecule has 2 atom stereocenters. The van der Waals surface area contributed by atoms with E-state index in [1.54, 1.807) is 28.0 Å². The van der Waals surface area contributed by atoms with E-state index in [1.807, 2.05) is 32.1 Å². The Bertz CT molecular complexity index is 949. The first-order chi connectivity index (χ1) is 16.8. The monoisotopic (exact) mass is 483 g/mol. The van der Waals surface area contributed by atoms with Gasteiger partial charge in [0.1, 0.15) is 18.0 Å². The second-order valence-corrected chi connectivity index (χ2v) is 9.22. The van der Waals surface area contributed by atoms with E-state index >= 15 is 0 Å². The number of amides is 2. The second-order valence-electron chi connectivity index (χ2n) is 9.22. The molecular weight excluding hydrogens is 445 g/mol. The maximum atomic E-state index is 13.3. The van der Waals surface area contributed by atoms with Gasteiger partial charge < -0.3 is 14.5 Å². The van der Waals surface area contributed by atoms with Gasteiger partial charge >= 0.3 is 0 Å². The van der Waals surface area contributed by atoms with Crippen molar-refractivity contribution in [2.24, 2.45) is 0 Å². The van der Waals surface area contributed by atoms with Crippen LogP contribution in [0.4, 0.5) is 4.39 Å². The molecule has 2 unspecified atom stereocenters. The minimum absolute atomic E-state index is 0.000801. The highest BCUT2D eigenvalue weighted by Crippen LogP contribution is 2.22. The van der Waals surface area contributed by atoms with E-state index < -0.39 is 12.2 Å². The summed E-state index contributed by atoms with van der Waals surface area (Å²) in [6, 6.07) is -0.454. The van der Waals surface area contributed by atoms with Crippen molar-refractivity contribution in [3.63, 3.8) is 0 Å². The number of allylic oxidation sites excluding steroid dienone is 8. The Morgan fingerprint density at radius 3 is 2.77 bits per heavy atom. The van der Waals surface area contributed by atoms with Gasteiger partial charge in [0, 0.05) is 45.6 Å². The van der Waals surface area contributed by atoms with Gasteiger partial charge in [0.15, 0.2) is 0 Å².